The highest BCUT2D eigenvalue weighted by Crippen LogP contribution is 2.30. The van der Waals surface area contributed by atoms with Crippen molar-refractivity contribution in [2.45, 2.75) is 33.2 Å². The van der Waals surface area contributed by atoms with Crippen LogP contribution in [0.2, 0.25) is 5.02 Å². The van der Waals surface area contributed by atoms with Crippen LogP contribution in [0.5, 0.6) is 0 Å². The lowest BCUT2D eigenvalue weighted by Crippen LogP contribution is -2.10. The first kappa shape index (κ1) is 19.4. The van der Waals surface area contributed by atoms with Crippen molar-refractivity contribution in [1.29, 1.82) is 0 Å². The van der Waals surface area contributed by atoms with E-state index in [4.69, 9.17) is 11.6 Å². The van der Waals surface area contributed by atoms with Crippen molar-refractivity contribution in [2.24, 2.45) is 0 Å². The molecule has 0 fully saturated rings. The van der Waals surface area contributed by atoms with Gasteiger partial charge >= 0.3 is 0 Å². The number of nitrogens with one attached hydrogen (secondary N) is 1. The second-order valence-electron chi connectivity index (χ2n) is 7.43. The van der Waals surface area contributed by atoms with Gasteiger partial charge in [0.25, 0.3) is 0 Å². The SMILES string of the molecule is CCCc1nc2c(Cl)c(C)n(Cc3ccc(-c4ccccc4-c4nn[nH]n4)cc3)n2n1. The molecule has 156 valence electrons. The number of hydrogen-bond donors (Lipinski definition) is 1. The summed E-state index contributed by atoms with van der Waals surface area (Å²) in [6, 6.07) is 16.5. The van der Waals surface area contributed by atoms with Gasteiger partial charge < -0.3 is 0 Å². The van der Waals surface area contributed by atoms with Gasteiger partial charge in [0.05, 0.1) is 12.2 Å². The van der Waals surface area contributed by atoms with Gasteiger partial charge in [-0.25, -0.2) is 4.98 Å². The Labute approximate surface area is 183 Å². The van der Waals surface area contributed by atoms with Crippen LogP contribution in [0.3, 0.4) is 0 Å². The Balaban J connectivity index is 1.47. The number of halogens is 1. The van der Waals surface area contributed by atoms with E-state index in [0.29, 0.717) is 23.0 Å². The van der Waals surface area contributed by atoms with Crippen LogP contribution in [0.15, 0.2) is 48.5 Å². The summed E-state index contributed by atoms with van der Waals surface area (Å²) in [5, 5.41) is 19.7. The molecule has 0 unspecified atom stereocenters. The number of H-pyrrole nitrogens is 1. The molecule has 0 radical (unpaired) electrons. The Morgan fingerprint density at radius 2 is 1.81 bits per heavy atom. The first-order valence-electron chi connectivity index (χ1n) is 10.2. The van der Waals surface area contributed by atoms with Crippen molar-refractivity contribution in [1.82, 2.24) is 40.0 Å². The molecule has 2 aromatic carbocycles. The fraction of sp³-hybridized carbons (Fsp3) is 0.227. The molecule has 0 saturated carbocycles. The number of benzene rings is 2. The maximum absolute atomic E-state index is 6.53. The van der Waals surface area contributed by atoms with E-state index in [9.17, 15) is 0 Å². The Morgan fingerprint density at radius 3 is 2.52 bits per heavy atom. The van der Waals surface area contributed by atoms with Gasteiger partial charge in [-0.1, -0.05) is 67.1 Å². The second-order valence-corrected chi connectivity index (χ2v) is 7.80. The molecule has 8 nitrogen and oxygen atoms in total. The maximum atomic E-state index is 6.53. The van der Waals surface area contributed by atoms with Crippen molar-refractivity contribution < 1.29 is 0 Å². The van der Waals surface area contributed by atoms with Crippen LogP contribution in [0, 0.1) is 6.92 Å². The van der Waals surface area contributed by atoms with E-state index in [1.807, 2.05) is 29.8 Å². The maximum Gasteiger partial charge on any atom is 0.205 e. The molecule has 9 heteroatoms. The molecule has 0 saturated heterocycles. The lowest BCUT2D eigenvalue weighted by Gasteiger charge is -2.10. The van der Waals surface area contributed by atoms with E-state index in [0.717, 1.165) is 46.6 Å². The summed E-state index contributed by atoms with van der Waals surface area (Å²) in [4.78, 5) is 4.59. The minimum Gasteiger partial charge on any atom is -0.262 e. The van der Waals surface area contributed by atoms with Gasteiger partial charge in [0.15, 0.2) is 11.5 Å². The van der Waals surface area contributed by atoms with Crippen molar-refractivity contribution in [3.05, 3.63) is 70.6 Å². The van der Waals surface area contributed by atoms with Crippen molar-refractivity contribution in [3.63, 3.8) is 0 Å². The van der Waals surface area contributed by atoms with Gasteiger partial charge in [0.2, 0.25) is 5.82 Å². The van der Waals surface area contributed by atoms with Crippen LogP contribution in [0.4, 0.5) is 0 Å². The number of hydrogen-bond acceptors (Lipinski definition) is 5. The van der Waals surface area contributed by atoms with E-state index in [1.54, 1.807) is 0 Å². The molecular formula is C22H21ClN8. The minimum atomic E-state index is 0.578. The fourth-order valence-electron chi connectivity index (χ4n) is 3.75. The summed E-state index contributed by atoms with van der Waals surface area (Å²) in [6.07, 6.45) is 1.84. The molecule has 3 aromatic heterocycles. The molecule has 0 aliphatic carbocycles. The number of fused-ring (bicyclic) bond motifs is 1. The van der Waals surface area contributed by atoms with Crippen molar-refractivity contribution >= 4 is 17.2 Å². The highest BCUT2D eigenvalue weighted by atomic mass is 35.5. The van der Waals surface area contributed by atoms with E-state index in [2.05, 4.69) is 72.6 Å². The van der Waals surface area contributed by atoms with Crippen LogP contribution < -0.4 is 0 Å². The van der Waals surface area contributed by atoms with E-state index >= 15 is 0 Å². The normalized spacial score (nSPS) is 11.5. The number of nitrogens with zero attached hydrogens (tertiary/aromatic N) is 7. The second kappa shape index (κ2) is 7.96. The molecule has 0 spiro atoms. The highest BCUT2D eigenvalue weighted by molar-refractivity contribution is 6.34. The van der Waals surface area contributed by atoms with Crippen molar-refractivity contribution in [2.75, 3.05) is 0 Å². The standard InChI is InChI=1S/C22H21ClN8/c1-3-6-19-24-22-20(23)14(2)30(31(22)27-19)13-15-9-11-16(12-10-15)17-7-4-5-8-18(17)21-25-28-29-26-21/h4-5,7-12H,3,6,13H2,1-2H3,(H,25,26,28,29). The smallest absolute Gasteiger partial charge is 0.205 e. The summed E-state index contributed by atoms with van der Waals surface area (Å²) in [7, 11) is 0. The number of aromatic amines is 1. The number of aromatic nitrogens is 8. The number of aryl methyl sites for hydroxylation is 1. The van der Waals surface area contributed by atoms with Gasteiger partial charge in [-0.15, -0.1) is 19.9 Å². The van der Waals surface area contributed by atoms with Gasteiger partial charge in [0, 0.05) is 12.0 Å². The zero-order valence-electron chi connectivity index (χ0n) is 17.2. The zero-order valence-corrected chi connectivity index (χ0v) is 18.0. The molecule has 0 aliphatic heterocycles. The quantitative estimate of drug-likeness (QED) is 0.431. The summed E-state index contributed by atoms with van der Waals surface area (Å²) in [5.41, 5.74) is 5.88. The molecule has 31 heavy (non-hydrogen) atoms. The molecule has 0 aliphatic rings. The third kappa shape index (κ3) is 3.48. The van der Waals surface area contributed by atoms with Crippen LogP contribution in [-0.2, 0) is 13.0 Å². The van der Waals surface area contributed by atoms with Crippen LogP contribution in [-0.4, -0.2) is 40.0 Å². The van der Waals surface area contributed by atoms with Crippen LogP contribution in [0.1, 0.15) is 30.4 Å². The van der Waals surface area contributed by atoms with E-state index < -0.39 is 0 Å². The Kier molecular flexibility index (Phi) is 4.99. The Hall–Kier alpha value is -3.52. The predicted molar refractivity (Wildman–Crippen MR) is 119 cm³/mol. The molecule has 0 atom stereocenters. The minimum absolute atomic E-state index is 0.578. The largest absolute Gasteiger partial charge is 0.262 e. The Morgan fingerprint density at radius 1 is 1.03 bits per heavy atom. The molecule has 0 bridgehead atoms. The van der Waals surface area contributed by atoms with E-state index in [1.165, 1.54) is 0 Å². The molecule has 1 N–H and O–H groups in total. The molecule has 3 heterocycles. The number of rotatable bonds is 6. The fourth-order valence-corrected chi connectivity index (χ4v) is 3.97. The molecule has 5 rings (SSSR count). The summed E-state index contributed by atoms with van der Waals surface area (Å²) < 4.78 is 3.88. The molecular weight excluding hydrogens is 412 g/mol. The zero-order chi connectivity index (χ0) is 21.4. The van der Waals surface area contributed by atoms with Crippen LogP contribution >= 0.6 is 11.6 Å². The summed E-state index contributed by atoms with van der Waals surface area (Å²) in [5.74, 6) is 1.40. The van der Waals surface area contributed by atoms with E-state index in [-0.39, 0.29) is 0 Å². The first-order chi connectivity index (χ1) is 15.2. The predicted octanol–water partition coefficient (Wildman–Crippen LogP) is 4.34. The van der Waals surface area contributed by atoms with Gasteiger partial charge in [0.1, 0.15) is 5.02 Å². The average molecular weight is 433 g/mol. The van der Waals surface area contributed by atoms with Crippen LogP contribution in [0.25, 0.3) is 28.2 Å². The average Bonchev–Trinajstić information content (AvgIpc) is 3.51. The third-order valence-electron chi connectivity index (χ3n) is 5.35. The molecule has 5 aromatic rings. The lowest BCUT2D eigenvalue weighted by molar-refractivity contribution is 0.564. The highest BCUT2D eigenvalue weighted by Gasteiger charge is 2.17. The number of tetrazole rings is 1. The third-order valence-corrected chi connectivity index (χ3v) is 5.79. The summed E-state index contributed by atoms with van der Waals surface area (Å²) in [6.45, 7) is 4.76. The summed E-state index contributed by atoms with van der Waals surface area (Å²) >= 11 is 6.53. The molecule has 0 amide bonds. The first-order valence-corrected chi connectivity index (χ1v) is 10.6. The monoisotopic (exact) mass is 432 g/mol. The lowest BCUT2D eigenvalue weighted by atomic mass is 9.98. The van der Waals surface area contributed by atoms with Gasteiger partial charge in [-0.05, 0) is 35.2 Å². The van der Waals surface area contributed by atoms with Gasteiger partial charge in [-0.3, -0.25) is 4.68 Å². The topological polar surface area (TPSA) is 89.6 Å². The Bertz CT molecular complexity index is 1330. The van der Waals surface area contributed by atoms with Gasteiger partial charge in [-0.2, -0.15) is 5.21 Å². The van der Waals surface area contributed by atoms with Crippen molar-refractivity contribution in [3.8, 4) is 22.5 Å².